The molecule has 0 heterocycles. The van der Waals surface area contributed by atoms with Gasteiger partial charge in [0.05, 0.1) is 7.11 Å². The van der Waals surface area contributed by atoms with E-state index in [1.54, 1.807) is 7.11 Å². The summed E-state index contributed by atoms with van der Waals surface area (Å²) in [6.07, 6.45) is 0. The minimum absolute atomic E-state index is 0.591. The molecule has 0 fully saturated rings. The minimum Gasteiger partial charge on any atom is -0.497 e. The lowest BCUT2D eigenvalue weighted by atomic mass is 10.1. The van der Waals surface area contributed by atoms with Crippen molar-refractivity contribution in [3.63, 3.8) is 0 Å². The maximum Gasteiger partial charge on any atom is 0.119 e. The molecular weight excluding hydrogens is 248 g/mol. The summed E-state index contributed by atoms with van der Waals surface area (Å²) in [7, 11) is 3.82. The molecular formula is C17H22N2O. The van der Waals surface area contributed by atoms with Gasteiger partial charge in [-0.05, 0) is 35.9 Å². The molecule has 3 heteroatoms. The Labute approximate surface area is 121 Å². The van der Waals surface area contributed by atoms with Gasteiger partial charge in [-0.25, -0.2) is 0 Å². The summed E-state index contributed by atoms with van der Waals surface area (Å²) in [5, 5.41) is 0. The minimum atomic E-state index is 0.591. The molecule has 0 atom stereocenters. The van der Waals surface area contributed by atoms with E-state index >= 15 is 0 Å². The summed E-state index contributed by atoms with van der Waals surface area (Å²) >= 11 is 0. The number of nitrogens with two attached hydrogens (primary N) is 1. The largest absolute Gasteiger partial charge is 0.497 e. The maximum absolute atomic E-state index is 5.68. The van der Waals surface area contributed by atoms with Crippen molar-refractivity contribution < 1.29 is 4.74 Å². The van der Waals surface area contributed by atoms with Crippen molar-refractivity contribution in [1.29, 1.82) is 0 Å². The average Bonchev–Trinajstić information content (AvgIpc) is 2.47. The Morgan fingerprint density at radius 3 is 2.20 bits per heavy atom. The van der Waals surface area contributed by atoms with Crippen LogP contribution in [0.5, 0.6) is 5.75 Å². The van der Waals surface area contributed by atoms with Crippen molar-refractivity contribution in [2.24, 2.45) is 5.73 Å². The molecule has 2 rings (SSSR count). The third-order valence-corrected chi connectivity index (χ3v) is 3.27. The number of rotatable bonds is 6. The SMILES string of the molecule is COc1cccc(CN(C)Cc2cccc(CN)c2)c1. The highest BCUT2D eigenvalue weighted by Crippen LogP contribution is 2.15. The van der Waals surface area contributed by atoms with Crippen LogP contribution >= 0.6 is 0 Å². The Morgan fingerprint density at radius 2 is 1.55 bits per heavy atom. The number of hydrogen-bond donors (Lipinski definition) is 1. The predicted octanol–water partition coefficient (Wildman–Crippen LogP) is 2.79. The molecule has 0 bridgehead atoms. The number of hydrogen-bond acceptors (Lipinski definition) is 3. The molecule has 0 spiro atoms. The number of benzene rings is 2. The van der Waals surface area contributed by atoms with Gasteiger partial charge in [-0.3, -0.25) is 4.90 Å². The molecule has 0 aromatic heterocycles. The molecule has 2 aromatic rings. The first kappa shape index (κ1) is 14.6. The molecule has 3 nitrogen and oxygen atoms in total. The van der Waals surface area contributed by atoms with E-state index in [2.05, 4.69) is 48.3 Å². The summed E-state index contributed by atoms with van der Waals surface area (Å²) in [5.41, 5.74) is 9.40. The number of ether oxygens (including phenoxy) is 1. The van der Waals surface area contributed by atoms with Crippen LogP contribution in [0.2, 0.25) is 0 Å². The van der Waals surface area contributed by atoms with E-state index < -0.39 is 0 Å². The van der Waals surface area contributed by atoms with E-state index in [1.165, 1.54) is 16.7 Å². The molecule has 2 aromatic carbocycles. The van der Waals surface area contributed by atoms with Gasteiger partial charge in [-0.15, -0.1) is 0 Å². The first-order chi connectivity index (χ1) is 9.71. The fourth-order valence-corrected chi connectivity index (χ4v) is 2.31. The first-order valence-electron chi connectivity index (χ1n) is 6.80. The lowest BCUT2D eigenvalue weighted by molar-refractivity contribution is 0.318. The van der Waals surface area contributed by atoms with Gasteiger partial charge in [0.1, 0.15) is 5.75 Å². The van der Waals surface area contributed by atoms with Gasteiger partial charge in [0.2, 0.25) is 0 Å². The Balaban J connectivity index is 1.99. The Morgan fingerprint density at radius 1 is 0.950 bits per heavy atom. The van der Waals surface area contributed by atoms with E-state index in [-0.39, 0.29) is 0 Å². The van der Waals surface area contributed by atoms with Crippen LogP contribution in [-0.2, 0) is 19.6 Å². The van der Waals surface area contributed by atoms with Gasteiger partial charge in [0, 0.05) is 19.6 Å². The fourth-order valence-electron chi connectivity index (χ4n) is 2.31. The summed E-state index contributed by atoms with van der Waals surface area (Å²) < 4.78 is 5.25. The molecule has 0 saturated carbocycles. The van der Waals surface area contributed by atoms with E-state index in [9.17, 15) is 0 Å². The molecule has 0 saturated heterocycles. The lowest BCUT2D eigenvalue weighted by Crippen LogP contribution is -2.17. The molecule has 0 unspecified atom stereocenters. The van der Waals surface area contributed by atoms with Crippen molar-refractivity contribution in [2.75, 3.05) is 14.2 Å². The summed E-state index contributed by atoms with van der Waals surface area (Å²) in [4.78, 5) is 2.28. The molecule has 0 radical (unpaired) electrons. The van der Waals surface area contributed by atoms with Crippen molar-refractivity contribution in [3.05, 3.63) is 65.2 Å². The molecule has 20 heavy (non-hydrogen) atoms. The van der Waals surface area contributed by atoms with E-state index in [0.717, 1.165) is 18.8 Å². The van der Waals surface area contributed by atoms with Gasteiger partial charge in [0.25, 0.3) is 0 Å². The van der Waals surface area contributed by atoms with Crippen LogP contribution in [0.1, 0.15) is 16.7 Å². The lowest BCUT2D eigenvalue weighted by Gasteiger charge is -2.17. The van der Waals surface area contributed by atoms with E-state index in [4.69, 9.17) is 10.5 Å². The third kappa shape index (κ3) is 4.08. The zero-order chi connectivity index (χ0) is 14.4. The number of methoxy groups -OCH3 is 1. The zero-order valence-corrected chi connectivity index (χ0v) is 12.2. The van der Waals surface area contributed by atoms with Crippen molar-refractivity contribution >= 4 is 0 Å². The maximum atomic E-state index is 5.68. The van der Waals surface area contributed by atoms with Crippen LogP contribution in [0.25, 0.3) is 0 Å². The standard InChI is InChI=1S/C17H22N2O/c1-19(12-15-6-3-5-14(9-15)11-18)13-16-7-4-8-17(10-16)20-2/h3-10H,11-13,18H2,1-2H3. The summed E-state index contributed by atoms with van der Waals surface area (Å²) in [6.45, 7) is 2.39. The fraction of sp³-hybridized carbons (Fsp3) is 0.294. The second-order valence-corrected chi connectivity index (χ2v) is 5.05. The van der Waals surface area contributed by atoms with Crippen LogP contribution < -0.4 is 10.5 Å². The molecule has 2 N–H and O–H groups in total. The highest BCUT2D eigenvalue weighted by atomic mass is 16.5. The van der Waals surface area contributed by atoms with Crippen LogP contribution in [0.3, 0.4) is 0 Å². The molecule has 0 aliphatic carbocycles. The topological polar surface area (TPSA) is 38.5 Å². The molecule has 0 aliphatic heterocycles. The molecule has 0 aliphatic rings. The quantitative estimate of drug-likeness (QED) is 0.877. The predicted molar refractivity (Wildman–Crippen MR) is 82.5 cm³/mol. The Hall–Kier alpha value is -1.84. The number of nitrogens with zero attached hydrogens (tertiary/aromatic N) is 1. The highest BCUT2D eigenvalue weighted by Gasteiger charge is 2.03. The normalized spacial score (nSPS) is 10.8. The van der Waals surface area contributed by atoms with Gasteiger partial charge < -0.3 is 10.5 Å². The van der Waals surface area contributed by atoms with Gasteiger partial charge in [0.15, 0.2) is 0 Å². The van der Waals surface area contributed by atoms with E-state index in [1.807, 2.05) is 12.1 Å². The summed E-state index contributed by atoms with van der Waals surface area (Å²) in [6, 6.07) is 16.6. The van der Waals surface area contributed by atoms with Crippen LogP contribution in [-0.4, -0.2) is 19.1 Å². The Bertz CT molecular complexity index is 505. The third-order valence-electron chi connectivity index (χ3n) is 3.27. The van der Waals surface area contributed by atoms with Gasteiger partial charge in [-0.2, -0.15) is 0 Å². The van der Waals surface area contributed by atoms with Gasteiger partial charge in [-0.1, -0.05) is 36.4 Å². The van der Waals surface area contributed by atoms with Crippen LogP contribution in [0, 0.1) is 0 Å². The van der Waals surface area contributed by atoms with Crippen molar-refractivity contribution in [1.82, 2.24) is 4.90 Å². The van der Waals surface area contributed by atoms with Crippen molar-refractivity contribution in [3.8, 4) is 5.75 Å². The summed E-state index contributed by atoms with van der Waals surface area (Å²) in [5.74, 6) is 0.904. The van der Waals surface area contributed by atoms with Crippen LogP contribution in [0.15, 0.2) is 48.5 Å². The Kier molecular flexibility index (Phi) is 5.16. The molecule has 106 valence electrons. The second-order valence-electron chi connectivity index (χ2n) is 5.05. The van der Waals surface area contributed by atoms with Crippen molar-refractivity contribution in [2.45, 2.75) is 19.6 Å². The monoisotopic (exact) mass is 270 g/mol. The smallest absolute Gasteiger partial charge is 0.119 e. The highest BCUT2D eigenvalue weighted by molar-refractivity contribution is 5.28. The van der Waals surface area contributed by atoms with Gasteiger partial charge >= 0.3 is 0 Å². The average molecular weight is 270 g/mol. The van der Waals surface area contributed by atoms with E-state index in [0.29, 0.717) is 6.54 Å². The first-order valence-corrected chi connectivity index (χ1v) is 6.80. The second kappa shape index (κ2) is 7.08. The van der Waals surface area contributed by atoms with Crippen LogP contribution in [0.4, 0.5) is 0 Å². The zero-order valence-electron chi connectivity index (χ0n) is 12.2. The molecule has 0 amide bonds.